The lowest BCUT2D eigenvalue weighted by Crippen LogP contribution is -2.33. The van der Waals surface area contributed by atoms with Crippen LogP contribution >= 0.6 is 0 Å². The lowest BCUT2D eigenvalue weighted by Gasteiger charge is -2.25. The van der Waals surface area contributed by atoms with E-state index in [0.717, 1.165) is 28.2 Å². The normalized spacial score (nSPS) is 16.2. The highest BCUT2D eigenvalue weighted by Gasteiger charge is 2.30. The summed E-state index contributed by atoms with van der Waals surface area (Å²) in [5.41, 5.74) is 8.24. The van der Waals surface area contributed by atoms with Gasteiger partial charge in [0.1, 0.15) is 23.5 Å². The molecule has 0 spiro atoms. The maximum absolute atomic E-state index is 13.9. The van der Waals surface area contributed by atoms with Gasteiger partial charge in [-0.15, -0.1) is 0 Å². The summed E-state index contributed by atoms with van der Waals surface area (Å²) in [6, 6.07) is 5.09. The van der Waals surface area contributed by atoms with E-state index in [0.29, 0.717) is 12.1 Å². The first-order valence-electron chi connectivity index (χ1n) is 7.84. The van der Waals surface area contributed by atoms with Gasteiger partial charge in [-0.1, -0.05) is 12.1 Å². The Bertz CT molecular complexity index is 925. The summed E-state index contributed by atoms with van der Waals surface area (Å²) in [5, 5.41) is 7.53. The molecular formula is C17H18FN7. The minimum absolute atomic E-state index is 0.214. The van der Waals surface area contributed by atoms with Crippen LogP contribution in [0.2, 0.25) is 0 Å². The highest BCUT2D eigenvalue weighted by molar-refractivity contribution is 5.77. The minimum Gasteiger partial charge on any atom is -0.295 e. The molecule has 25 heavy (non-hydrogen) atoms. The quantitative estimate of drug-likeness (QED) is 0.831. The van der Waals surface area contributed by atoms with Gasteiger partial charge in [-0.3, -0.25) is 20.1 Å². The molecule has 0 aliphatic carbocycles. The summed E-state index contributed by atoms with van der Waals surface area (Å²) in [5.74, 6) is 5.63. The van der Waals surface area contributed by atoms with E-state index in [1.54, 1.807) is 36.4 Å². The summed E-state index contributed by atoms with van der Waals surface area (Å²) >= 11 is 0. The number of aryl methyl sites for hydroxylation is 1. The van der Waals surface area contributed by atoms with Crippen LogP contribution in [-0.4, -0.2) is 26.1 Å². The molecule has 3 N–H and O–H groups in total. The van der Waals surface area contributed by atoms with Crippen LogP contribution in [0.15, 0.2) is 53.2 Å². The number of nitrogens with one attached hydrogen (secondary N) is 1. The van der Waals surface area contributed by atoms with E-state index in [9.17, 15) is 4.39 Å². The van der Waals surface area contributed by atoms with Crippen LogP contribution < -0.4 is 11.3 Å². The molecule has 0 radical (unpaired) electrons. The molecule has 0 unspecified atom stereocenters. The van der Waals surface area contributed by atoms with Crippen molar-refractivity contribution < 1.29 is 4.39 Å². The van der Waals surface area contributed by atoms with Crippen molar-refractivity contribution in [1.29, 1.82) is 0 Å². The molecular weight excluding hydrogens is 321 g/mol. The first-order valence-corrected chi connectivity index (χ1v) is 7.84. The summed E-state index contributed by atoms with van der Waals surface area (Å²) < 4.78 is 15.6. The molecule has 0 atom stereocenters. The van der Waals surface area contributed by atoms with Crippen molar-refractivity contribution in [2.45, 2.75) is 13.5 Å². The Labute approximate surface area is 144 Å². The molecule has 0 saturated heterocycles. The third kappa shape index (κ3) is 2.66. The van der Waals surface area contributed by atoms with E-state index in [-0.39, 0.29) is 5.82 Å². The Morgan fingerprint density at radius 3 is 2.92 bits per heavy atom. The average molecular weight is 339 g/mol. The van der Waals surface area contributed by atoms with Crippen LogP contribution in [0.25, 0.3) is 5.70 Å². The SMILES string of the molecule is Cc1c(F)cccc1CN1NC(c2cnn(C)c2)=C2N=CN(N)C=C21. The molecule has 8 heteroatoms. The number of hydrazine groups is 2. The van der Waals surface area contributed by atoms with E-state index < -0.39 is 0 Å². The van der Waals surface area contributed by atoms with Crippen molar-refractivity contribution in [2.75, 3.05) is 0 Å². The smallest absolute Gasteiger partial charge is 0.126 e. The average Bonchev–Trinajstić information content (AvgIpc) is 3.16. The number of benzene rings is 1. The van der Waals surface area contributed by atoms with Crippen LogP contribution in [0.5, 0.6) is 0 Å². The molecule has 7 nitrogen and oxygen atoms in total. The zero-order valence-corrected chi connectivity index (χ0v) is 13.9. The fourth-order valence-electron chi connectivity index (χ4n) is 2.93. The van der Waals surface area contributed by atoms with Gasteiger partial charge in [0.15, 0.2) is 0 Å². The molecule has 3 heterocycles. The number of nitrogens with two attached hydrogens (primary N) is 1. The number of hydrogen-bond donors (Lipinski definition) is 2. The van der Waals surface area contributed by atoms with Crippen molar-refractivity contribution in [3.05, 3.63) is 70.7 Å². The number of rotatable bonds is 3. The van der Waals surface area contributed by atoms with Crippen LogP contribution in [0.1, 0.15) is 16.7 Å². The molecule has 0 saturated carbocycles. The molecule has 1 aromatic carbocycles. The van der Waals surface area contributed by atoms with Crippen molar-refractivity contribution in [3.8, 4) is 0 Å². The lowest BCUT2D eigenvalue weighted by molar-refractivity contribution is 0.301. The van der Waals surface area contributed by atoms with E-state index in [1.807, 2.05) is 24.3 Å². The van der Waals surface area contributed by atoms with Crippen molar-refractivity contribution in [2.24, 2.45) is 17.9 Å². The third-order valence-corrected chi connectivity index (χ3v) is 4.31. The molecule has 1 aromatic heterocycles. The highest BCUT2D eigenvalue weighted by atomic mass is 19.1. The number of aliphatic imine (C=N–C) groups is 1. The second-order valence-corrected chi connectivity index (χ2v) is 6.05. The largest absolute Gasteiger partial charge is 0.295 e. The fraction of sp³-hybridized carbons (Fsp3) is 0.176. The molecule has 2 aliphatic rings. The van der Waals surface area contributed by atoms with Gasteiger partial charge < -0.3 is 0 Å². The second-order valence-electron chi connectivity index (χ2n) is 6.05. The maximum atomic E-state index is 13.9. The molecule has 0 bridgehead atoms. The van der Waals surface area contributed by atoms with E-state index in [2.05, 4.69) is 15.5 Å². The summed E-state index contributed by atoms with van der Waals surface area (Å²) in [7, 11) is 1.86. The topological polar surface area (TPSA) is 74.7 Å². The van der Waals surface area contributed by atoms with Crippen molar-refractivity contribution in [3.63, 3.8) is 0 Å². The fourth-order valence-corrected chi connectivity index (χ4v) is 2.93. The first-order chi connectivity index (χ1) is 12.0. The summed E-state index contributed by atoms with van der Waals surface area (Å²) in [6.07, 6.45) is 7.02. The predicted molar refractivity (Wildman–Crippen MR) is 92.5 cm³/mol. The Morgan fingerprint density at radius 2 is 2.16 bits per heavy atom. The summed E-state index contributed by atoms with van der Waals surface area (Å²) in [4.78, 5) is 4.44. The molecule has 128 valence electrons. The predicted octanol–water partition coefficient (Wildman–Crippen LogP) is 1.62. The van der Waals surface area contributed by atoms with E-state index in [4.69, 9.17) is 5.84 Å². The van der Waals surface area contributed by atoms with Gasteiger partial charge in [-0.05, 0) is 24.1 Å². The van der Waals surface area contributed by atoms with E-state index in [1.165, 1.54) is 11.1 Å². The van der Waals surface area contributed by atoms with Crippen molar-refractivity contribution >= 4 is 12.0 Å². The minimum atomic E-state index is -0.214. The van der Waals surface area contributed by atoms with Crippen LogP contribution in [-0.2, 0) is 13.6 Å². The van der Waals surface area contributed by atoms with Gasteiger partial charge >= 0.3 is 0 Å². The molecule has 4 rings (SSSR count). The van der Waals surface area contributed by atoms with Gasteiger partial charge in [0.25, 0.3) is 0 Å². The van der Waals surface area contributed by atoms with Gasteiger partial charge in [0.2, 0.25) is 0 Å². The van der Waals surface area contributed by atoms with E-state index >= 15 is 0 Å². The third-order valence-electron chi connectivity index (χ3n) is 4.31. The van der Waals surface area contributed by atoms with Gasteiger partial charge in [-0.25, -0.2) is 15.2 Å². The summed E-state index contributed by atoms with van der Waals surface area (Å²) in [6.45, 7) is 2.26. The molecule has 0 fully saturated rings. The molecule has 2 aromatic rings. The Morgan fingerprint density at radius 1 is 1.32 bits per heavy atom. The number of halogens is 1. The number of hydrogen-bond acceptors (Lipinski definition) is 6. The molecule has 2 aliphatic heterocycles. The number of nitrogens with zero attached hydrogens (tertiary/aromatic N) is 5. The maximum Gasteiger partial charge on any atom is 0.126 e. The number of fused-ring (bicyclic) bond motifs is 1. The Kier molecular flexibility index (Phi) is 3.54. The highest BCUT2D eigenvalue weighted by Crippen LogP contribution is 2.34. The Balaban J connectivity index is 1.71. The lowest BCUT2D eigenvalue weighted by atomic mass is 10.1. The Hall–Kier alpha value is -3.13. The second kappa shape index (κ2) is 5.75. The zero-order valence-electron chi connectivity index (χ0n) is 13.9. The standard InChI is InChI=1S/C17H18FN7/c1-11-12(4-3-5-14(11)18)8-25-15-9-24(19)10-20-17(15)16(22-25)13-6-21-23(2)7-13/h3-7,9-10,22H,8,19H2,1-2H3. The van der Waals surface area contributed by atoms with Crippen LogP contribution in [0.4, 0.5) is 4.39 Å². The first kappa shape index (κ1) is 15.4. The van der Waals surface area contributed by atoms with Crippen LogP contribution in [0, 0.1) is 12.7 Å². The van der Waals surface area contributed by atoms with Gasteiger partial charge in [-0.2, -0.15) is 5.10 Å². The van der Waals surface area contributed by atoms with Gasteiger partial charge in [0, 0.05) is 25.0 Å². The van der Waals surface area contributed by atoms with Crippen molar-refractivity contribution in [1.82, 2.24) is 25.2 Å². The van der Waals surface area contributed by atoms with Gasteiger partial charge in [0.05, 0.1) is 18.4 Å². The van der Waals surface area contributed by atoms with Crippen LogP contribution in [0.3, 0.4) is 0 Å². The monoisotopic (exact) mass is 339 g/mol. The molecule has 0 amide bonds. The number of aromatic nitrogens is 2. The zero-order chi connectivity index (χ0) is 17.6.